The highest BCUT2D eigenvalue weighted by Gasteiger charge is 2.23. The second-order valence-corrected chi connectivity index (χ2v) is 7.21. The van der Waals surface area contributed by atoms with Gasteiger partial charge in [0, 0.05) is 37.9 Å². The van der Waals surface area contributed by atoms with E-state index in [4.69, 9.17) is 16.1 Å². The molecule has 1 saturated heterocycles. The van der Waals surface area contributed by atoms with E-state index in [1.807, 2.05) is 36.1 Å². The van der Waals surface area contributed by atoms with E-state index >= 15 is 0 Å². The number of piperazine rings is 1. The van der Waals surface area contributed by atoms with Gasteiger partial charge in [-0.05, 0) is 31.2 Å². The lowest BCUT2D eigenvalue weighted by molar-refractivity contribution is 0.0624. The van der Waals surface area contributed by atoms with Gasteiger partial charge < -0.3 is 9.42 Å². The molecule has 1 aliphatic heterocycles. The summed E-state index contributed by atoms with van der Waals surface area (Å²) in [6, 6.07) is 11.3. The molecule has 3 aromatic rings. The van der Waals surface area contributed by atoms with Crippen LogP contribution < -0.4 is 0 Å². The van der Waals surface area contributed by atoms with E-state index < -0.39 is 0 Å². The molecule has 1 aromatic carbocycles. The SMILES string of the molecule is Cc1ccc(-c2nc(CN3CCN(C(=O)c4ccc(Cl)nc4)CC3)no2)cc1. The monoisotopic (exact) mass is 397 g/mol. The predicted octanol–water partition coefficient (Wildman–Crippen LogP) is 3.05. The standard InChI is InChI=1S/C20H20ClN5O2/c1-14-2-4-15(5-3-14)19-23-18(24-28-19)13-25-8-10-26(11-9-25)20(27)16-6-7-17(21)22-12-16/h2-7,12H,8-11,13H2,1H3. The summed E-state index contributed by atoms with van der Waals surface area (Å²) >= 11 is 5.78. The number of amides is 1. The molecule has 7 nitrogen and oxygen atoms in total. The molecule has 0 unspecified atom stereocenters. The second-order valence-electron chi connectivity index (χ2n) is 6.82. The minimum atomic E-state index is -0.0231. The Morgan fingerprint density at radius 3 is 2.54 bits per heavy atom. The van der Waals surface area contributed by atoms with Crippen LogP contribution >= 0.6 is 11.6 Å². The van der Waals surface area contributed by atoms with Gasteiger partial charge in [-0.15, -0.1) is 0 Å². The maximum atomic E-state index is 12.5. The van der Waals surface area contributed by atoms with Crippen molar-refractivity contribution < 1.29 is 9.32 Å². The van der Waals surface area contributed by atoms with E-state index in [-0.39, 0.29) is 5.91 Å². The first kappa shape index (κ1) is 18.6. The van der Waals surface area contributed by atoms with Crippen molar-refractivity contribution >= 4 is 17.5 Å². The largest absolute Gasteiger partial charge is 0.336 e. The van der Waals surface area contributed by atoms with Crippen molar-refractivity contribution in [2.75, 3.05) is 26.2 Å². The Labute approximate surface area is 167 Å². The smallest absolute Gasteiger partial charge is 0.257 e. The molecular formula is C20H20ClN5O2. The summed E-state index contributed by atoms with van der Waals surface area (Å²) in [5.74, 6) is 1.15. The first-order valence-electron chi connectivity index (χ1n) is 9.11. The molecule has 0 aliphatic carbocycles. The van der Waals surface area contributed by atoms with Gasteiger partial charge in [0.15, 0.2) is 5.82 Å². The lowest BCUT2D eigenvalue weighted by Crippen LogP contribution is -2.48. The Kier molecular flexibility index (Phi) is 5.36. The van der Waals surface area contributed by atoms with Crippen molar-refractivity contribution in [2.45, 2.75) is 13.5 Å². The van der Waals surface area contributed by atoms with Crippen LogP contribution in [0, 0.1) is 6.92 Å². The summed E-state index contributed by atoms with van der Waals surface area (Å²) in [6.07, 6.45) is 1.52. The number of carbonyl (C=O) groups excluding carboxylic acids is 1. The number of rotatable bonds is 4. The molecular weight excluding hydrogens is 378 g/mol. The minimum absolute atomic E-state index is 0.0231. The number of nitrogens with zero attached hydrogens (tertiary/aromatic N) is 5. The maximum absolute atomic E-state index is 12.5. The molecule has 8 heteroatoms. The van der Waals surface area contributed by atoms with Gasteiger partial charge in [0.25, 0.3) is 11.8 Å². The van der Waals surface area contributed by atoms with Crippen LogP contribution in [-0.2, 0) is 6.54 Å². The van der Waals surface area contributed by atoms with Gasteiger partial charge in [0.1, 0.15) is 5.15 Å². The van der Waals surface area contributed by atoms with Crippen molar-refractivity contribution in [1.29, 1.82) is 0 Å². The van der Waals surface area contributed by atoms with Gasteiger partial charge in [-0.3, -0.25) is 9.69 Å². The molecule has 0 radical (unpaired) electrons. The van der Waals surface area contributed by atoms with E-state index in [9.17, 15) is 4.79 Å². The lowest BCUT2D eigenvalue weighted by Gasteiger charge is -2.34. The van der Waals surface area contributed by atoms with Crippen LogP contribution in [-0.4, -0.2) is 57.0 Å². The summed E-state index contributed by atoms with van der Waals surface area (Å²) < 4.78 is 5.39. The molecule has 0 N–H and O–H groups in total. The van der Waals surface area contributed by atoms with Gasteiger partial charge in [0.2, 0.25) is 0 Å². The Bertz CT molecular complexity index is 947. The fourth-order valence-electron chi connectivity index (χ4n) is 3.13. The third-order valence-electron chi connectivity index (χ3n) is 4.77. The topological polar surface area (TPSA) is 75.4 Å². The number of carbonyl (C=O) groups is 1. The van der Waals surface area contributed by atoms with E-state index in [2.05, 4.69) is 20.0 Å². The Hall–Kier alpha value is -2.77. The van der Waals surface area contributed by atoms with Gasteiger partial charge in [-0.1, -0.05) is 34.5 Å². The third kappa shape index (κ3) is 4.21. The number of pyridine rings is 1. The van der Waals surface area contributed by atoms with Crippen molar-refractivity contribution in [1.82, 2.24) is 24.9 Å². The highest BCUT2D eigenvalue weighted by molar-refractivity contribution is 6.29. The maximum Gasteiger partial charge on any atom is 0.257 e. The molecule has 144 valence electrons. The van der Waals surface area contributed by atoms with Crippen molar-refractivity contribution in [3.05, 3.63) is 64.7 Å². The summed E-state index contributed by atoms with van der Waals surface area (Å²) in [5, 5.41) is 4.47. The Balaban J connectivity index is 1.33. The Morgan fingerprint density at radius 1 is 1.11 bits per heavy atom. The molecule has 0 spiro atoms. The molecule has 3 heterocycles. The summed E-state index contributed by atoms with van der Waals surface area (Å²) in [6.45, 7) is 5.42. The molecule has 1 amide bonds. The predicted molar refractivity (Wildman–Crippen MR) is 105 cm³/mol. The van der Waals surface area contributed by atoms with Crippen LogP contribution in [0.2, 0.25) is 5.15 Å². The lowest BCUT2D eigenvalue weighted by atomic mass is 10.1. The van der Waals surface area contributed by atoms with Crippen molar-refractivity contribution in [3.8, 4) is 11.5 Å². The summed E-state index contributed by atoms with van der Waals surface area (Å²) in [5.41, 5.74) is 2.65. The number of halogens is 1. The van der Waals surface area contributed by atoms with E-state index in [1.54, 1.807) is 12.1 Å². The zero-order valence-corrected chi connectivity index (χ0v) is 16.3. The van der Waals surface area contributed by atoms with Gasteiger partial charge in [-0.25, -0.2) is 4.98 Å². The highest BCUT2D eigenvalue weighted by Crippen LogP contribution is 2.18. The third-order valence-corrected chi connectivity index (χ3v) is 4.99. The number of aryl methyl sites for hydroxylation is 1. The first-order valence-corrected chi connectivity index (χ1v) is 9.49. The summed E-state index contributed by atoms with van der Waals surface area (Å²) in [7, 11) is 0. The van der Waals surface area contributed by atoms with Gasteiger partial charge in [0.05, 0.1) is 12.1 Å². The van der Waals surface area contributed by atoms with Crippen molar-refractivity contribution in [2.24, 2.45) is 0 Å². The number of hydrogen-bond acceptors (Lipinski definition) is 6. The molecule has 28 heavy (non-hydrogen) atoms. The molecule has 0 atom stereocenters. The van der Waals surface area contributed by atoms with E-state index in [1.165, 1.54) is 11.8 Å². The van der Waals surface area contributed by atoms with E-state index in [0.29, 0.717) is 42.1 Å². The highest BCUT2D eigenvalue weighted by atomic mass is 35.5. The summed E-state index contributed by atoms with van der Waals surface area (Å²) in [4.78, 5) is 25.1. The van der Waals surface area contributed by atoms with Crippen LogP contribution in [0.5, 0.6) is 0 Å². The number of benzene rings is 1. The van der Waals surface area contributed by atoms with Crippen LogP contribution in [0.4, 0.5) is 0 Å². The second kappa shape index (κ2) is 8.08. The molecule has 1 fully saturated rings. The van der Waals surface area contributed by atoms with Gasteiger partial charge >= 0.3 is 0 Å². The zero-order valence-electron chi connectivity index (χ0n) is 15.5. The molecule has 0 bridgehead atoms. The van der Waals surface area contributed by atoms with Crippen LogP contribution in [0.3, 0.4) is 0 Å². The normalized spacial score (nSPS) is 15.0. The minimum Gasteiger partial charge on any atom is -0.336 e. The molecule has 0 saturated carbocycles. The average molecular weight is 398 g/mol. The van der Waals surface area contributed by atoms with E-state index in [0.717, 1.165) is 18.7 Å². The number of aromatic nitrogens is 3. The fourth-order valence-corrected chi connectivity index (χ4v) is 3.24. The van der Waals surface area contributed by atoms with Crippen molar-refractivity contribution in [3.63, 3.8) is 0 Å². The fraction of sp³-hybridized carbons (Fsp3) is 0.300. The van der Waals surface area contributed by atoms with Crippen LogP contribution in [0.1, 0.15) is 21.7 Å². The Morgan fingerprint density at radius 2 is 1.86 bits per heavy atom. The molecule has 2 aromatic heterocycles. The van der Waals surface area contributed by atoms with Crippen LogP contribution in [0.25, 0.3) is 11.5 Å². The number of hydrogen-bond donors (Lipinski definition) is 0. The van der Waals surface area contributed by atoms with Crippen LogP contribution in [0.15, 0.2) is 47.1 Å². The average Bonchev–Trinajstić information content (AvgIpc) is 3.18. The molecule has 4 rings (SSSR count). The quantitative estimate of drug-likeness (QED) is 0.630. The zero-order chi connectivity index (χ0) is 19.5. The van der Waals surface area contributed by atoms with Gasteiger partial charge in [-0.2, -0.15) is 4.98 Å². The molecule has 1 aliphatic rings. The first-order chi connectivity index (χ1) is 13.6.